The molecule has 0 aliphatic carbocycles. The predicted octanol–water partition coefficient (Wildman–Crippen LogP) is 3.88. The molecule has 4 heteroatoms. The number of oxazole rings is 1. The summed E-state index contributed by atoms with van der Waals surface area (Å²) in [5.74, 6) is 0.604. The third kappa shape index (κ3) is 1.70. The van der Waals surface area contributed by atoms with E-state index in [1.807, 2.05) is 36.5 Å². The van der Waals surface area contributed by atoms with Gasteiger partial charge in [0.25, 0.3) is 0 Å². The van der Waals surface area contributed by atoms with Crippen molar-refractivity contribution < 1.29 is 4.42 Å². The zero-order valence-electron chi connectivity index (χ0n) is 10.6. The molecule has 0 amide bonds. The van der Waals surface area contributed by atoms with Gasteiger partial charge in [-0.2, -0.15) is 0 Å². The molecule has 20 heavy (non-hydrogen) atoms. The van der Waals surface area contributed by atoms with E-state index >= 15 is 0 Å². The van der Waals surface area contributed by atoms with E-state index in [1.54, 1.807) is 18.7 Å². The number of hydrogen-bond donors (Lipinski definition) is 1. The average molecular weight is 261 g/mol. The van der Waals surface area contributed by atoms with Crippen molar-refractivity contribution in [3.8, 4) is 22.7 Å². The summed E-state index contributed by atoms with van der Waals surface area (Å²) in [6.07, 6.45) is 7.10. The van der Waals surface area contributed by atoms with E-state index in [0.717, 1.165) is 27.7 Å². The average Bonchev–Trinajstić information content (AvgIpc) is 3.14. The SMILES string of the molecule is c1ccc2c(-c3coc(-c4ccncc4)n3)c[nH]c2c1. The van der Waals surface area contributed by atoms with E-state index in [2.05, 4.69) is 21.0 Å². The van der Waals surface area contributed by atoms with Crippen LogP contribution in [-0.4, -0.2) is 15.0 Å². The zero-order valence-corrected chi connectivity index (χ0v) is 10.6. The Morgan fingerprint density at radius 2 is 1.85 bits per heavy atom. The van der Waals surface area contributed by atoms with Crippen LogP contribution >= 0.6 is 0 Å². The Balaban J connectivity index is 1.82. The molecule has 0 unspecified atom stereocenters. The van der Waals surface area contributed by atoms with Gasteiger partial charge in [0.2, 0.25) is 5.89 Å². The Morgan fingerprint density at radius 3 is 2.75 bits per heavy atom. The van der Waals surface area contributed by atoms with Crippen LogP contribution in [0.25, 0.3) is 33.6 Å². The van der Waals surface area contributed by atoms with Crippen molar-refractivity contribution in [2.75, 3.05) is 0 Å². The smallest absolute Gasteiger partial charge is 0.226 e. The number of nitrogens with one attached hydrogen (secondary N) is 1. The summed E-state index contributed by atoms with van der Waals surface area (Å²) < 4.78 is 5.57. The number of pyridine rings is 1. The minimum atomic E-state index is 0.604. The highest BCUT2D eigenvalue weighted by molar-refractivity contribution is 5.94. The number of nitrogens with zero attached hydrogens (tertiary/aromatic N) is 2. The van der Waals surface area contributed by atoms with Crippen LogP contribution in [0.2, 0.25) is 0 Å². The van der Waals surface area contributed by atoms with E-state index in [-0.39, 0.29) is 0 Å². The monoisotopic (exact) mass is 261 g/mol. The molecule has 3 heterocycles. The number of benzene rings is 1. The lowest BCUT2D eigenvalue weighted by Gasteiger charge is -1.93. The summed E-state index contributed by atoms with van der Waals surface area (Å²) >= 11 is 0. The Hall–Kier alpha value is -2.88. The number of rotatable bonds is 2. The molecule has 0 aliphatic rings. The fraction of sp³-hybridized carbons (Fsp3) is 0. The van der Waals surface area contributed by atoms with Crippen LogP contribution < -0.4 is 0 Å². The Bertz CT molecular complexity index is 861. The molecule has 0 atom stereocenters. The van der Waals surface area contributed by atoms with Crippen LogP contribution in [0, 0.1) is 0 Å². The first-order valence-electron chi connectivity index (χ1n) is 6.34. The lowest BCUT2D eigenvalue weighted by molar-refractivity contribution is 0.575. The number of aromatic nitrogens is 3. The fourth-order valence-corrected chi connectivity index (χ4v) is 2.31. The van der Waals surface area contributed by atoms with Crippen molar-refractivity contribution in [1.82, 2.24) is 15.0 Å². The number of H-pyrrole nitrogens is 1. The first-order chi connectivity index (χ1) is 9.92. The number of aromatic amines is 1. The van der Waals surface area contributed by atoms with Crippen molar-refractivity contribution in [1.29, 1.82) is 0 Å². The van der Waals surface area contributed by atoms with Gasteiger partial charge in [0, 0.05) is 40.6 Å². The molecule has 0 radical (unpaired) electrons. The third-order valence-electron chi connectivity index (χ3n) is 3.30. The fourth-order valence-electron chi connectivity index (χ4n) is 2.31. The van der Waals surface area contributed by atoms with Gasteiger partial charge in [-0.15, -0.1) is 0 Å². The van der Waals surface area contributed by atoms with E-state index < -0.39 is 0 Å². The summed E-state index contributed by atoms with van der Waals surface area (Å²) in [7, 11) is 0. The van der Waals surface area contributed by atoms with Gasteiger partial charge in [-0.3, -0.25) is 4.98 Å². The molecule has 4 rings (SSSR count). The summed E-state index contributed by atoms with van der Waals surface area (Å²) in [4.78, 5) is 11.8. The van der Waals surface area contributed by atoms with Crippen molar-refractivity contribution in [2.45, 2.75) is 0 Å². The van der Waals surface area contributed by atoms with Crippen molar-refractivity contribution in [2.24, 2.45) is 0 Å². The normalized spacial score (nSPS) is 11.0. The van der Waals surface area contributed by atoms with Gasteiger partial charge >= 0.3 is 0 Å². The second-order valence-electron chi connectivity index (χ2n) is 4.52. The first kappa shape index (κ1) is 11.0. The van der Waals surface area contributed by atoms with Gasteiger partial charge in [0.05, 0.1) is 0 Å². The van der Waals surface area contributed by atoms with E-state index in [9.17, 15) is 0 Å². The molecule has 4 nitrogen and oxygen atoms in total. The second-order valence-corrected chi connectivity index (χ2v) is 4.52. The van der Waals surface area contributed by atoms with Gasteiger partial charge in [-0.1, -0.05) is 18.2 Å². The summed E-state index contributed by atoms with van der Waals surface area (Å²) in [5, 5.41) is 1.14. The Morgan fingerprint density at radius 1 is 1.00 bits per heavy atom. The third-order valence-corrected chi connectivity index (χ3v) is 3.30. The number of fused-ring (bicyclic) bond motifs is 1. The van der Waals surface area contributed by atoms with Crippen molar-refractivity contribution in [3.05, 3.63) is 61.3 Å². The number of para-hydroxylation sites is 1. The van der Waals surface area contributed by atoms with Gasteiger partial charge in [0.1, 0.15) is 12.0 Å². The standard InChI is InChI=1S/C16H11N3O/c1-2-4-14-12(3-1)13(9-18-14)15-10-20-16(19-15)11-5-7-17-8-6-11/h1-10,18H. The topological polar surface area (TPSA) is 54.7 Å². The highest BCUT2D eigenvalue weighted by Crippen LogP contribution is 2.29. The first-order valence-corrected chi connectivity index (χ1v) is 6.34. The van der Waals surface area contributed by atoms with E-state index in [1.165, 1.54) is 0 Å². The van der Waals surface area contributed by atoms with Crippen LogP contribution in [0.4, 0.5) is 0 Å². The lowest BCUT2D eigenvalue weighted by atomic mass is 10.1. The number of hydrogen-bond acceptors (Lipinski definition) is 3. The second kappa shape index (κ2) is 4.35. The maximum Gasteiger partial charge on any atom is 0.226 e. The molecule has 0 bridgehead atoms. The summed E-state index contributed by atoms with van der Waals surface area (Å²) in [5.41, 5.74) is 3.89. The minimum Gasteiger partial charge on any atom is -0.444 e. The molecule has 0 saturated carbocycles. The Labute approximate surface area is 115 Å². The molecular formula is C16H11N3O. The molecule has 4 aromatic rings. The molecule has 1 aromatic carbocycles. The zero-order chi connectivity index (χ0) is 13.4. The van der Waals surface area contributed by atoms with Crippen LogP contribution in [0.3, 0.4) is 0 Å². The molecule has 0 saturated heterocycles. The van der Waals surface area contributed by atoms with Crippen LogP contribution in [0.5, 0.6) is 0 Å². The van der Waals surface area contributed by atoms with Crippen LogP contribution in [0.15, 0.2) is 65.7 Å². The van der Waals surface area contributed by atoms with E-state index in [0.29, 0.717) is 5.89 Å². The predicted molar refractivity (Wildman–Crippen MR) is 77.0 cm³/mol. The molecule has 0 fully saturated rings. The molecule has 96 valence electrons. The molecule has 1 N–H and O–H groups in total. The van der Waals surface area contributed by atoms with Crippen LogP contribution in [-0.2, 0) is 0 Å². The molecular weight excluding hydrogens is 250 g/mol. The highest BCUT2D eigenvalue weighted by Gasteiger charge is 2.11. The van der Waals surface area contributed by atoms with Crippen LogP contribution in [0.1, 0.15) is 0 Å². The maximum absolute atomic E-state index is 5.57. The quantitative estimate of drug-likeness (QED) is 0.595. The molecule has 3 aromatic heterocycles. The van der Waals surface area contributed by atoms with Gasteiger partial charge < -0.3 is 9.40 Å². The lowest BCUT2D eigenvalue weighted by Crippen LogP contribution is -1.79. The maximum atomic E-state index is 5.57. The highest BCUT2D eigenvalue weighted by atomic mass is 16.3. The molecule has 0 aliphatic heterocycles. The van der Waals surface area contributed by atoms with E-state index in [4.69, 9.17) is 4.42 Å². The van der Waals surface area contributed by atoms with Gasteiger partial charge in [-0.25, -0.2) is 4.98 Å². The Kier molecular flexibility index (Phi) is 2.39. The largest absolute Gasteiger partial charge is 0.444 e. The van der Waals surface area contributed by atoms with Crippen molar-refractivity contribution >= 4 is 10.9 Å². The van der Waals surface area contributed by atoms with Gasteiger partial charge in [0.15, 0.2) is 0 Å². The summed E-state index contributed by atoms with van der Waals surface area (Å²) in [6, 6.07) is 11.9. The summed E-state index contributed by atoms with van der Waals surface area (Å²) in [6.45, 7) is 0. The van der Waals surface area contributed by atoms with Crippen molar-refractivity contribution in [3.63, 3.8) is 0 Å². The van der Waals surface area contributed by atoms with Gasteiger partial charge in [-0.05, 0) is 18.2 Å². The molecule has 0 spiro atoms. The minimum absolute atomic E-state index is 0.604.